The van der Waals surface area contributed by atoms with E-state index in [1.807, 2.05) is 48.5 Å². The van der Waals surface area contributed by atoms with Crippen molar-refractivity contribution in [3.63, 3.8) is 0 Å². The predicted octanol–water partition coefficient (Wildman–Crippen LogP) is 6.02. The molecule has 0 saturated carbocycles. The molecule has 0 unspecified atom stereocenters. The van der Waals surface area contributed by atoms with Crippen molar-refractivity contribution in [3.8, 4) is 0 Å². The maximum absolute atomic E-state index is 13.8. The highest BCUT2D eigenvalue weighted by atomic mass is 35.5. The van der Waals surface area contributed by atoms with Gasteiger partial charge in [0.05, 0.1) is 18.3 Å². The molecule has 2 amide bonds. The van der Waals surface area contributed by atoms with E-state index in [0.717, 1.165) is 27.2 Å². The van der Waals surface area contributed by atoms with Crippen LogP contribution in [-0.2, 0) is 35.5 Å². The first kappa shape index (κ1) is 24.7. The summed E-state index contributed by atoms with van der Waals surface area (Å²) in [5, 5.41) is 0.851. The quantitative estimate of drug-likeness (QED) is 0.212. The van der Waals surface area contributed by atoms with Gasteiger partial charge in [-0.05, 0) is 34.4 Å². The van der Waals surface area contributed by atoms with Crippen LogP contribution < -0.4 is 0 Å². The van der Waals surface area contributed by atoms with Crippen LogP contribution in [0.2, 0.25) is 10.0 Å². The first-order chi connectivity index (χ1) is 17.7. The summed E-state index contributed by atoms with van der Waals surface area (Å²) < 4.78 is 5.33. The summed E-state index contributed by atoms with van der Waals surface area (Å²) >= 11 is 26.8. The van der Waals surface area contributed by atoms with Crippen molar-refractivity contribution in [2.75, 3.05) is 6.54 Å². The number of imide groups is 1. The van der Waals surface area contributed by atoms with Gasteiger partial charge in [0.25, 0.3) is 0 Å². The van der Waals surface area contributed by atoms with Crippen molar-refractivity contribution in [2.45, 2.75) is 22.8 Å². The van der Waals surface area contributed by atoms with Crippen LogP contribution in [-0.4, -0.2) is 29.2 Å². The zero-order valence-electron chi connectivity index (χ0n) is 19.2. The Morgan fingerprint density at radius 1 is 0.811 bits per heavy atom. The smallest absolute Gasteiger partial charge is 0.307 e. The molecule has 1 aliphatic heterocycles. The number of benzene rings is 3. The number of alkyl halides is 2. The molecule has 3 aromatic carbocycles. The molecule has 7 rings (SSSR count). The molecule has 1 heterocycles. The van der Waals surface area contributed by atoms with Crippen LogP contribution >= 0.6 is 46.4 Å². The van der Waals surface area contributed by atoms with E-state index in [9.17, 15) is 14.4 Å². The lowest BCUT2D eigenvalue weighted by molar-refractivity contribution is -0.146. The van der Waals surface area contributed by atoms with Gasteiger partial charge in [-0.3, -0.25) is 19.3 Å². The molecule has 0 radical (unpaired) electrons. The summed E-state index contributed by atoms with van der Waals surface area (Å²) in [6.07, 6.45) is -0.174. The van der Waals surface area contributed by atoms with Crippen LogP contribution in [0, 0.1) is 11.8 Å². The molecule has 5 nitrogen and oxygen atoms in total. The molecule has 1 fully saturated rings. The van der Waals surface area contributed by atoms with E-state index in [0.29, 0.717) is 15.6 Å². The van der Waals surface area contributed by atoms with Crippen LogP contribution in [0.15, 0.2) is 66.7 Å². The summed E-state index contributed by atoms with van der Waals surface area (Å²) in [6, 6.07) is 19.7. The minimum Gasteiger partial charge on any atom is -0.461 e. The molecule has 2 bridgehead atoms. The third-order valence-corrected chi connectivity index (χ3v) is 9.49. The minimum atomic E-state index is -1.25. The van der Waals surface area contributed by atoms with Gasteiger partial charge in [-0.2, -0.15) is 0 Å². The van der Waals surface area contributed by atoms with E-state index in [4.69, 9.17) is 51.1 Å². The number of amides is 2. The Morgan fingerprint density at radius 3 is 1.76 bits per heavy atom. The lowest BCUT2D eigenvalue weighted by Crippen LogP contribution is -2.57. The predicted molar refractivity (Wildman–Crippen MR) is 141 cm³/mol. The van der Waals surface area contributed by atoms with Gasteiger partial charge in [0.15, 0.2) is 0 Å². The highest BCUT2D eigenvalue weighted by Crippen LogP contribution is 2.69. The third-order valence-electron chi connectivity index (χ3n) is 7.62. The lowest BCUT2D eigenvalue weighted by Gasteiger charge is -2.54. The molecule has 9 heteroatoms. The average Bonchev–Trinajstić information content (AvgIpc) is 3.16. The van der Waals surface area contributed by atoms with Crippen molar-refractivity contribution >= 4 is 64.2 Å². The van der Waals surface area contributed by atoms with Crippen molar-refractivity contribution in [3.05, 3.63) is 105 Å². The summed E-state index contributed by atoms with van der Waals surface area (Å²) in [7, 11) is 0. The second kappa shape index (κ2) is 8.74. The topological polar surface area (TPSA) is 63.7 Å². The molecule has 0 aromatic heterocycles. The Kier molecular flexibility index (Phi) is 5.85. The number of hydrogen-bond acceptors (Lipinski definition) is 4. The molecule has 3 aromatic rings. The number of carbonyl (C=O) groups excluding carboxylic acids is 3. The fourth-order valence-electron chi connectivity index (χ4n) is 6.02. The first-order valence-electron chi connectivity index (χ1n) is 11.7. The largest absolute Gasteiger partial charge is 0.461 e. The second-order valence-corrected chi connectivity index (χ2v) is 11.5. The van der Waals surface area contributed by atoms with Crippen molar-refractivity contribution < 1.29 is 19.1 Å². The number of nitrogens with zero attached hydrogens (tertiary/aromatic N) is 1. The maximum atomic E-state index is 13.8. The van der Waals surface area contributed by atoms with Gasteiger partial charge in [-0.1, -0.05) is 77.8 Å². The molecular weight excluding hydrogens is 556 g/mol. The third kappa shape index (κ3) is 3.41. The summed E-state index contributed by atoms with van der Waals surface area (Å²) in [5.41, 5.74) is 3.52. The minimum absolute atomic E-state index is 0.0534. The number of rotatable bonds is 5. The van der Waals surface area contributed by atoms with E-state index >= 15 is 0 Å². The van der Waals surface area contributed by atoms with E-state index in [1.165, 1.54) is 0 Å². The molecule has 188 valence electrons. The van der Waals surface area contributed by atoms with Gasteiger partial charge < -0.3 is 4.74 Å². The van der Waals surface area contributed by atoms with Gasteiger partial charge >= 0.3 is 5.97 Å². The normalized spacial score (nSPS) is 27.1. The van der Waals surface area contributed by atoms with Crippen LogP contribution in [0.1, 0.15) is 34.2 Å². The molecular formula is C28H19Cl4NO4. The van der Waals surface area contributed by atoms with Gasteiger partial charge in [0.1, 0.15) is 16.4 Å². The SMILES string of the molecule is O=C(CCN1C(=O)[C@@H]2[C@@H](C1=O)C1(Cl)c3ccccc3C2(Cl)c2ccccc21)OCc1ccc(Cl)cc1Cl. The van der Waals surface area contributed by atoms with Gasteiger partial charge in [0.2, 0.25) is 11.8 Å². The van der Waals surface area contributed by atoms with Crippen molar-refractivity contribution in [2.24, 2.45) is 11.8 Å². The molecule has 0 spiro atoms. The van der Waals surface area contributed by atoms with E-state index < -0.39 is 39.4 Å². The van der Waals surface area contributed by atoms with E-state index in [-0.39, 0.29) is 19.6 Å². The fraction of sp³-hybridized carbons (Fsp3) is 0.250. The van der Waals surface area contributed by atoms with Crippen LogP contribution in [0.3, 0.4) is 0 Å². The van der Waals surface area contributed by atoms with Gasteiger partial charge in [-0.15, -0.1) is 23.2 Å². The molecule has 1 saturated heterocycles. The zero-order valence-corrected chi connectivity index (χ0v) is 22.2. The van der Waals surface area contributed by atoms with Crippen molar-refractivity contribution in [1.82, 2.24) is 4.90 Å². The summed E-state index contributed by atoms with van der Waals surface area (Å²) in [5.74, 6) is -3.24. The van der Waals surface area contributed by atoms with Crippen LogP contribution in [0.5, 0.6) is 0 Å². The molecule has 37 heavy (non-hydrogen) atoms. The fourth-order valence-corrected chi connectivity index (χ4v) is 7.58. The Morgan fingerprint density at radius 2 is 1.30 bits per heavy atom. The molecule has 3 aliphatic carbocycles. The average molecular weight is 575 g/mol. The monoisotopic (exact) mass is 573 g/mol. The Labute approximate surface area is 233 Å². The van der Waals surface area contributed by atoms with Gasteiger partial charge in [-0.25, -0.2) is 0 Å². The second-order valence-electron chi connectivity index (χ2n) is 9.44. The number of likely N-dealkylation sites (tertiary alicyclic amines) is 1. The summed E-state index contributed by atoms with van der Waals surface area (Å²) in [4.78, 5) is 38.6. The number of hydrogen-bond donors (Lipinski definition) is 0. The standard InChI is InChI=1S/C28H19Cl4NO4/c29-16-10-9-15(21(30)13-16)14-37-22(34)11-12-33-25(35)23-24(26(33)36)28(32)18-6-2-1-5-17(18)27(23,31)19-7-3-4-8-20(19)28/h1-10,13,23-24H,11-12,14H2/t23-,24-,27?,28?/m0/s1. The van der Waals surface area contributed by atoms with Crippen LogP contribution in [0.4, 0.5) is 0 Å². The molecule has 0 N–H and O–H groups in total. The Balaban J connectivity index is 1.27. The van der Waals surface area contributed by atoms with E-state index in [1.54, 1.807) is 18.2 Å². The Hall–Kier alpha value is -2.57. The van der Waals surface area contributed by atoms with Gasteiger partial charge in [0, 0.05) is 22.2 Å². The highest BCUT2D eigenvalue weighted by molar-refractivity contribution is 6.36. The zero-order chi connectivity index (χ0) is 26.1. The lowest BCUT2D eigenvalue weighted by atomic mass is 9.54. The van der Waals surface area contributed by atoms with Crippen molar-refractivity contribution in [1.29, 1.82) is 0 Å². The maximum Gasteiger partial charge on any atom is 0.307 e. The van der Waals surface area contributed by atoms with Crippen LogP contribution in [0.25, 0.3) is 0 Å². The first-order valence-corrected chi connectivity index (χ1v) is 13.2. The molecule has 4 aliphatic rings. The number of halogens is 4. The number of ether oxygens (including phenoxy) is 1. The molecule has 2 atom stereocenters. The number of carbonyl (C=O) groups is 3. The number of esters is 1. The highest BCUT2D eigenvalue weighted by Gasteiger charge is 2.72. The summed E-state index contributed by atoms with van der Waals surface area (Å²) in [6.45, 7) is -0.188. The van der Waals surface area contributed by atoms with E-state index in [2.05, 4.69) is 0 Å². The Bertz CT molecular complexity index is 1370.